The lowest BCUT2D eigenvalue weighted by Crippen LogP contribution is -2.78. The minimum Gasteiger partial charge on any atom is -0.342 e. The molecule has 0 aliphatic carbocycles. The normalized spacial score (nSPS) is 21.4. The average molecular weight is 466 g/mol. The Hall–Kier alpha value is -2.86. The van der Waals surface area contributed by atoms with E-state index < -0.39 is 11.5 Å². The molecule has 2 fully saturated rings. The van der Waals surface area contributed by atoms with Crippen molar-refractivity contribution < 1.29 is 14.4 Å². The van der Waals surface area contributed by atoms with Crippen LogP contribution in [0.15, 0.2) is 48.5 Å². The molecule has 3 heterocycles. The van der Waals surface area contributed by atoms with E-state index in [4.69, 9.17) is 11.6 Å². The van der Waals surface area contributed by atoms with Gasteiger partial charge in [-0.1, -0.05) is 35.9 Å². The summed E-state index contributed by atoms with van der Waals surface area (Å²) >= 11 is 6.10. The Morgan fingerprint density at radius 1 is 1.00 bits per heavy atom. The van der Waals surface area contributed by atoms with Crippen LogP contribution in [0.25, 0.3) is 0 Å². The predicted molar refractivity (Wildman–Crippen MR) is 126 cm³/mol. The van der Waals surface area contributed by atoms with Gasteiger partial charge in [-0.2, -0.15) is 0 Å². The Bertz CT molecular complexity index is 1120. The third-order valence-corrected chi connectivity index (χ3v) is 7.44. The molecular weight excluding hydrogens is 438 g/mol. The fraction of sp³-hybridized carbons (Fsp3) is 0.423. The molecule has 6 nitrogen and oxygen atoms in total. The van der Waals surface area contributed by atoms with Crippen molar-refractivity contribution in [1.29, 1.82) is 0 Å². The van der Waals surface area contributed by atoms with Gasteiger partial charge in [0.1, 0.15) is 0 Å². The van der Waals surface area contributed by atoms with Crippen molar-refractivity contribution >= 4 is 29.3 Å². The summed E-state index contributed by atoms with van der Waals surface area (Å²) in [7, 11) is 0. The number of hydrogen-bond acceptors (Lipinski definition) is 3. The van der Waals surface area contributed by atoms with Crippen LogP contribution >= 0.6 is 11.6 Å². The number of likely N-dealkylation sites (tertiary alicyclic amines) is 2. The van der Waals surface area contributed by atoms with Gasteiger partial charge in [0.2, 0.25) is 5.91 Å². The van der Waals surface area contributed by atoms with E-state index in [-0.39, 0.29) is 23.8 Å². The van der Waals surface area contributed by atoms with Crippen LogP contribution in [0.1, 0.15) is 58.9 Å². The van der Waals surface area contributed by atoms with Crippen LogP contribution in [0, 0.1) is 0 Å². The van der Waals surface area contributed by atoms with Gasteiger partial charge in [0, 0.05) is 48.4 Å². The number of carbonyl (C=O) groups excluding carboxylic acids is 3. The second-order valence-electron chi connectivity index (χ2n) is 9.60. The SMILES string of the molecule is CC(C)N1C(=O)c2ccccc2C(C(=O)N2CCCC2)C12CN(C(=O)c1cccc(Cl)c1)C2. The molecule has 0 bridgehead atoms. The minimum absolute atomic E-state index is 0.0629. The minimum atomic E-state index is -0.756. The topological polar surface area (TPSA) is 60.9 Å². The molecule has 3 aliphatic rings. The molecule has 1 atom stereocenters. The third-order valence-electron chi connectivity index (χ3n) is 7.21. The second-order valence-corrected chi connectivity index (χ2v) is 10.0. The van der Waals surface area contributed by atoms with Gasteiger partial charge < -0.3 is 14.7 Å². The highest BCUT2D eigenvalue weighted by atomic mass is 35.5. The van der Waals surface area contributed by atoms with Crippen LogP contribution in [-0.4, -0.2) is 70.2 Å². The molecule has 1 unspecified atom stereocenters. The van der Waals surface area contributed by atoms with Crippen LogP contribution in [0.4, 0.5) is 0 Å². The maximum Gasteiger partial charge on any atom is 0.255 e. The predicted octanol–water partition coefficient (Wildman–Crippen LogP) is 3.81. The van der Waals surface area contributed by atoms with Gasteiger partial charge >= 0.3 is 0 Å². The molecule has 3 amide bonds. The van der Waals surface area contributed by atoms with Crippen LogP contribution in [-0.2, 0) is 4.79 Å². The quantitative estimate of drug-likeness (QED) is 0.692. The Kier molecular flexibility index (Phi) is 5.44. The summed E-state index contributed by atoms with van der Waals surface area (Å²) in [6, 6.07) is 14.2. The Balaban J connectivity index is 1.56. The lowest BCUT2D eigenvalue weighted by atomic mass is 9.67. The number of amides is 3. The molecule has 0 saturated carbocycles. The standard InChI is InChI=1S/C26H28ClN3O3/c1-17(2)30-24(32)21-11-4-3-10-20(21)22(25(33)28-12-5-6-13-28)26(30)15-29(16-26)23(31)18-8-7-9-19(27)14-18/h3-4,7-11,14,17,22H,5-6,12-13,15-16H2,1-2H3. The highest BCUT2D eigenvalue weighted by Crippen LogP contribution is 2.48. The van der Waals surface area contributed by atoms with Crippen molar-refractivity contribution in [2.75, 3.05) is 26.2 Å². The fourth-order valence-corrected chi connectivity index (χ4v) is 6.02. The van der Waals surface area contributed by atoms with Gasteiger partial charge in [0.15, 0.2) is 0 Å². The third kappa shape index (κ3) is 3.43. The van der Waals surface area contributed by atoms with Gasteiger partial charge in [0.05, 0.1) is 11.5 Å². The zero-order chi connectivity index (χ0) is 23.3. The summed E-state index contributed by atoms with van der Waals surface area (Å²) in [5, 5.41) is 0.503. The first-order valence-corrected chi connectivity index (χ1v) is 12.0. The number of hydrogen-bond donors (Lipinski definition) is 0. The van der Waals surface area contributed by atoms with Gasteiger partial charge in [0.25, 0.3) is 11.8 Å². The van der Waals surface area contributed by atoms with E-state index >= 15 is 0 Å². The van der Waals surface area contributed by atoms with Crippen molar-refractivity contribution in [3.63, 3.8) is 0 Å². The summed E-state index contributed by atoms with van der Waals surface area (Å²) in [6.45, 7) is 6.09. The highest BCUT2D eigenvalue weighted by Gasteiger charge is 2.62. The van der Waals surface area contributed by atoms with Crippen LogP contribution < -0.4 is 0 Å². The average Bonchev–Trinajstić information content (AvgIpc) is 3.31. The van der Waals surface area contributed by atoms with Crippen LogP contribution in [0.5, 0.6) is 0 Å². The molecule has 5 rings (SSSR count). The number of halogens is 1. The number of rotatable bonds is 3. The summed E-state index contributed by atoms with van der Waals surface area (Å²) in [5.41, 5.74) is 1.13. The first-order chi connectivity index (χ1) is 15.8. The Morgan fingerprint density at radius 2 is 1.70 bits per heavy atom. The van der Waals surface area contributed by atoms with E-state index in [1.54, 1.807) is 29.2 Å². The van der Waals surface area contributed by atoms with E-state index in [9.17, 15) is 14.4 Å². The van der Waals surface area contributed by atoms with Crippen molar-refractivity contribution in [1.82, 2.24) is 14.7 Å². The van der Waals surface area contributed by atoms with E-state index in [1.165, 1.54) is 0 Å². The van der Waals surface area contributed by atoms with Crippen molar-refractivity contribution in [3.05, 3.63) is 70.2 Å². The van der Waals surface area contributed by atoms with Crippen LogP contribution in [0.3, 0.4) is 0 Å². The van der Waals surface area contributed by atoms with Gasteiger partial charge in [-0.25, -0.2) is 0 Å². The lowest BCUT2D eigenvalue weighted by Gasteiger charge is -2.62. The number of fused-ring (bicyclic) bond motifs is 1. The molecule has 0 N–H and O–H groups in total. The maximum absolute atomic E-state index is 13.9. The van der Waals surface area contributed by atoms with E-state index in [0.29, 0.717) is 29.2 Å². The van der Waals surface area contributed by atoms with E-state index in [2.05, 4.69) is 0 Å². The number of carbonyl (C=O) groups is 3. The molecule has 2 aromatic rings. The summed E-state index contributed by atoms with van der Waals surface area (Å²) < 4.78 is 0. The molecule has 0 aromatic heterocycles. The molecule has 3 aliphatic heterocycles. The molecule has 172 valence electrons. The van der Waals surface area contributed by atoms with Gasteiger partial charge in [-0.05, 0) is 56.5 Å². The van der Waals surface area contributed by atoms with Gasteiger partial charge in [-0.15, -0.1) is 0 Å². The smallest absolute Gasteiger partial charge is 0.255 e. The summed E-state index contributed by atoms with van der Waals surface area (Å²) in [6.07, 6.45) is 2.00. The maximum atomic E-state index is 13.9. The molecule has 2 saturated heterocycles. The fourth-order valence-electron chi connectivity index (χ4n) is 5.83. The Labute approximate surface area is 199 Å². The summed E-state index contributed by atoms with van der Waals surface area (Å²) in [4.78, 5) is 46.3. The van der Waals surface area contributed by atoms with Crippen LogP contribution in [0.2, 0.25) is 5.02 Å². The zero-order valence-corrected chi connectivity index (χ0v) is 19.7. The molecule has 1 spiro atoms. The molecular formula is C26H28ClN3O3. The Morgan fingerprint density at radius 3 is 2.36 bits per heavy atom. The first kappa shape index (κ1) is 22.0. The first-order valence-electron chi connectivity index (χ1n) is 11.6. The molecule has 2 aromatic carbocycles. The van der Waals surface area contributed by atoms with E-state index in [1.807, 2.05) is 47.9 Å². The summed E-state index contributed by atoms with van der Waals surface area (Å²) in [5.74, 6) is -0.630. The zero-order valence-electron chi connectivity index (χ0n) is 19.0. The number of nitrogens with zero attached hydrogens (tertiary/aromatic N) is 3. The monoisotopic (exact) mass is 465 g/mol. The van der Waals surface area contributed by atoms with Crippen molar-refractivity contribution in [3.8, 4) is 0 Å². The van der Waals surface area contributed by atoms with Crippen molar-refractivity contribution in [2.45, 2.75) is 44.2 Å². The van der Waals surface area contributed by atoms with Gasteiger partial charge in [-0.3, -0.25) is 14.4 Å². The van der Waals surface area contributed by atoms with E-state index in [0.717, 1.165) is 31.5 Å². The highest BCUT2D eigenvalue weighted by molar-refractivity contribution is 6.31. The molecule has 0 radical (unpaired) electrons. The largest absolute Gasteiger partial charge is 0.342 e. The van der Waals surface area contributed by atoms with Crippen molar-refractivity contribution in [2.24, 2.45) is 0 Å². The number of benzene rings is 2. The lowest BCUT2D eigenvalue weighted by molar-refractivity contribution is -0.141. The molecule has 7 heteroatoms. The molecule has 33 heavy (non-hydrogen) atoms. The second kappa shape index (κ2) is 8.17.